The topological polar surface area (TPSA) is 71.3 Å². The quantitative estimate of drug-likeness (QED) is 0.483. The van der Waals surface area contributed by atoms with Crippen molar-refractivity contribution in [2.75, 3.05) is 19.0 Å². The molecule has 0 radical (unpaired) electrons. The minimum absolute atomic E-state index is 0.145. The Bertz CT molecular complexity index is 937. The fourth-order valence-electron chi connectivity index (χ4n) is 2.21. The summed E-state index contributed by atoms with van der Waals surface area (Å²) in [5.74, 6) is 0.157. The monoisotopic (exact) mass is 424 g/mol. The van der Waals surface area contributed by atoms with Crippen LogP contribution in [0.3, 0.4) is 0 Å². The molecule has 2 aromatic carbocycles. The minimum Gasteiger partial charge on any atom is -0.493 e. The second kappa shape index (κ2) is 9.52. The molecule has 0 aliphatic rings. The van der Waals surface area contributed by atoms with E-state index in [-0.39, 0.29) is 10.6 Å². The molecule has 2 aromatic rings. The molecule has 1 amide bonds. The largest absolute Gasteiger partial charge is 0.493 e. The summed E-state index contributed by atoms with van der Waals surface area (Å²) < 4.78 is 10.7. The Morgan fingerprint density at radius 3 is 2.63 bits per heavy atom. The molecule has 27 heavy (non-hydrogen) atoms. The van der Waals surface area contributed by atoms with Crippen LogP contribution in [0.2, 0.25) is 15.1 Å². The van der Waals surface area contributed by atoms with Crippen molar-refractivity contribution >= 4 is 52.5 Å². The number of hydrogen-bond acceptors (Lipinski definition) is 4. The molecule has 1 N–H and O–H groups in total. The first-order chi connectivity index (χ1) is 12.9. The summed E-state index contributed by atoms with van der Waals surface area (Å²) in [6.45, 7) is 2.24. The fraction of sp³-hybridized carbons (Fsp3) is 0.158. The van der Waals surface area contributed by atoms with Crippen molar-refractivity contribution in [2.24, 2.45) is 0 Å². The zero-order valence-corrected chi connectivity index (χ0v) is 16.7. The lowest BCUT2D eigenvalue weighted by atomic mass is 10.1. The molecule has 0 aliphatic carbocycles. The Balaban J connectivity index is 2.35. The highest BCUT2D eigenvalue weighted by molar-refractivity contribution is 6.44. The van der Waals surface area contributed by atoms with Gasteiger partial charge < -0.3 is 14.8 Å². The number of ether oxygens (including phenoxy) is 2. The van der Waals surface area contributed by atoms with E-state index in [1.807, 2.05) is 13.0 Å². The molecule has 0 heterocycles. The van der Waals surface area contributed by atoms with Gasteiger partial charge in [0.15, 0.2) is 11.5 Å². The number of anilines is 1. The summed E-state index contributed by atoms with van der Waals surface area (Å²) in [5.41, 5.74) is 0.662. The number of nitriles is 1. The lowest BCUT2D eigenvalue weighted by Gasteiger charge is -2.12. The fourth-order valence-corrected chi connectivity index (χ4v) is 2.83. The maximum atomic E-state index is 12.4. The summed E-state index contributed by atoms with van der Waals surface area (Å²) in [6, 6.07) is 9.86. The van der Waals surface area contributed by atoms with Gasteiger partial charge in [-0.25, -0.2) is 0 Å². The third-order valence-corrected chi connectivity index (χ3v) is 4.52. The number of amides is 1. The predicted molar refractivity (Wildman–Crippen MR) is 108 cm³/mol. The van der Waals surface area contributed by atoms with Crippen LogP contribution < -0.4 is 14.8 Å². The van der Waals surface area contributed by atoms with Crippen LogP contribution in [0.15, 0.2) is 35.9 Å². The van der Waals surface area contributed by atoms with E-state index in [0.717, 1.165) is 0 Å². The van der Waals surface area contributed by atoms with Crippen LogP contribution in [0.5, 0.6) is 11.5 Å². The highest BCUT2D eigenvalue weighted by atomic mass is 35.5. The summed E-state index contributed by atoms with van der Waals surface area (Å²) in [7, 11) is 1.47. The molecule has 0 unspecified atom stereocenters. The normalized spacial score (nSPS) is 10.9. The van der Waals surface area contributed by atoms with Crippen LogP contribution in [-0.4, -0.2) is 19.6 Å². The van der Waals surface area contributed by atoms with Gasteiger partial charge in [-0.3, -0.25) is 4.79 Å². The van der Waals surface area contributed by atoms with Gasteiger partial charge in [0.2, 0.25) is 0 Å². The first-order valence-corrected chi connectivity index (χ1v) is 8.92. The first-order valence-electron chi connectivity index (χ1n) is 7.78. The number of carbonyl (C=O) groups excluding carboxylic acids is 1. The summed E-state index contributed by atoms with van der Waals surface area (Å²) in [4.78, 5) is 12.4. The van der Waals surface area contributed by atoms with E-state index in [1.54, 1.807) is 30.3 Å². The van der Waals surface area contributed by atoms with Crippen LogP contribution in [0.1, 0.15) is 12.5 Å². The van der Waals surface area contributed by atoms with E-state index in [0.29, 0.717) is 39.4 Å². The zero-order valence-electron chi connectivity index (χ0n) is 14.5. The maximum Gasteiger partial charge on any atom is 0.266 e. The number of nitrogens with zero attached hydrogens (tertiary/aromatic N) is 1. The molecule has 0 saturated heterocycles. The Kier molecular flexibility index (Phi) is 7.37. The number of hydrogen-bond donors (Lipinski definition) is 1. The van der Waals surface area contributed by atoms with E-state index < -0.39 is 5.91 Å². The van der Waals surface area contributed by atoms with Crippen LogP contribution in [-0.2, 0) is 4.79 Å². The third-order valence-electron chi connectivity index (χ3n) is 3.42. The van der Waals surface area contributed by atoms with Gasteiger partial charge in [0.05, 0.1) is 34.5 Å². The molecule has 0 spiro atoms. The van der Waals surface area contributed by atoms with Crippen molar-refractivity contribution in [3.05, 3.63) is 56.5 Å². The smallest absolute Gasteiger partial charge is 0.266 e. The lowest BCUT2D eigenvalue weighted by Crippen LogP contribution is -2.13. The number of rotatable bonds is 6. The van der Waals surface area contributed by atoms with E-state index in [9.17, 15) is 10.1 Å². The predicted octanol–water partition coefficient (Wildman–Crippen LogP) is 5.60. The molecule has 0 aliphatic heterocycles. The van der Waals surface area contributed by atoms with Crippen molar-refractivity contribution in [2.45, 2.75) is 6.92 Å². The second-order valence-corrected chi connectivity index (χ2v) is 6.38. The number of carbonyl (C=O) groups is 1. The number of halogens is 3. The molecule has 5 nitrogen and oxygen atoms in total. The highest BCUT2D eigenvalue weighted by Crippen LogP contribution is 2.37. The molecule has 2 rings (SSSR count). The van der Waals surface area contributed by atoms with Crippen molar-refractivity contribution in [3.8, 4) is 17.6 Å². The van der Waals surface area contributed by atoms with Crippen LogP contribution in [0.4, 0.5) is 5.69 Å². The average molecular weight is 426 g/mol. The number of methoxy groups -OCH3 is 1. The van der Waals surface area contributed by atoms with Gasteiger partial charge in [-0.15, -0.1) is 0 Å². The molecule has 0 atom stereocenters. The van der Waals surface area contributed by atoms with Gasteiger partial charge in [-0.1, -0.05) is 40.9 Å². The molecule has 140 valence electrons. The average Bonchev–Trinajstić information content (AvgIpc) is 2.65. The molecule has 0 aromatic heterocycles. The van der Waals surface area contributed by atoms with Crippen molar-refractivity contribution in [3.63, 3.8) is 0 Å². The van der Waals surface area contributed by atoms with Gasteiger partial charge in [-0.05, 0) is 42.8 Å². The summed E-state index contributed by atoms with van der Waals surface area (Å²) in [5, 5.41) is 12.7. The van der Waals surface area contributed by atoms with Crippen molar-refractivity contribution in [1.29, 1.82) is 5.26 Å². The van der Waals surface area contributed by atoms with Crippen molar-refractivity contribution in [1.82, 2.24) is 0 Å². The third kappa shape index (κ3) is 5.08. The number of nitrogens with one attached hydrogen (secondary N) is 1. The van der Waals surface area contributed by atoms with E-state index >= 15 is 0 Å². The Hall–Kier alpha value is -2.39. The van der Waals surface area contributed by atoms with Crippen molar-refractivity contribution < 1.29 is 14.3 Å². The highest BCUT2D eigenvalue weighted by Gasteiger charge is 2.15. The number of benzene rings is 2. The van der Waals surface area contributed by atoms with Crippen LogP contribution in [0, 0.1) is 11.3 Å². The van der Waals surface area contributed by atoms with Gasteiger partial charge in [-0.2, -0.15) is 5.26 Å². The van der Waals surface area contributed by atoms with Crippen LogP contribution >= 0.6 is 34.8 Å². The van der Waals surface area contributed by atoms with Gasteiger partial charge in [0.1, 0.15) is 11.6 Å². The summed E-state index contributed by atoms with van der Waals surface area (Å²) in [6.07, 6.45) is 1.39. The maximum absolute atomic E-state index is 12.4. The second-order valence-electron chi connectivity index (χ2n) is 5.19. The van der Waals surface area contributed by atoms with Crippen LogP contribution in [0.25, 0.3) is 6.08 Å². The standard InChI is InChI=1S/C19H15Cl3N2O3/c1-3-27-18-14(21)8-11(9-16(18)26-2)7-12(10-23)19(25)24-15-6-4-5-13(20)17(15)22/h4-9H,3H2,1-2H3,(H,24,25)/b12-7-. The zero-order chi connectivity index (χ0) is 20.0. The SMILES string of the molecule is CCOc1c(Cl)cc(/C=C(/C#N)C(=O)Nc2cccc(Cl)c2Cl)cc1OC. The molecular weight excluding hydrogens is 411 g/mol. The van der Waals surface area contributed by atoms with E-state index in [1.165, 1.54) is 13.2 Å². The van der Waals surface area contributed by atoms with Gasteiger partial charge in [0, 0.05) is 0 Å². The molecule has 0 fully saturated rings. The van der Waals surface area contributed by atoms with Gasteiger partial charge >= 0.3 is 0 Å². The summed E-state index contributed by atoms with van der Waals surface area (Å²) >= 11 is 18.2. The molecule has 0 bridgehead atoms. The Morgan fingerprint density at radius 1 is 1.26 bits per heavy atom. The minimum atomic E-state index is -0.634. The Morgan fingerprint density at radius 2 is 2.00 bits per heavy atom. The van der Waals surface area contributed by atoms with E-state index in [2.05, 4.69) is 5.32 Å². The Labute approximate surface area is 172 Å². The molecule has 8 heteroatoms. The lowest BCUT2D eigenvalue weighted by molar-refractivity contribution is -0.112. The molecular formula is C19H15Cl3N2O3. The molecule has 0 saturated carbocycles. The first kappa shape index (κ1) is 20.9. The van der Waals surface area contributed by atoms with E-state index in [4.69, 9.17) is 44.3 Å². The van der Waals surface area contributed by atoms with Gasteiger partial charge in [0.25, 0.3) is 5.91 Å².